The summed E-state index contributed by atoms with van der Waals surface area (Å²) in [6.45, 7) is 5.00. The van der Waals surface area contributed by atoms with Gasteiger partial charge in [0, 0.05) is 0 Å². The molecular formula is C33H36FeP2+6. The molecule has 0 aromatic heterocycles. The topological polar surface area (TPSA) is 0 Å². The molecule has 0 fully saturated rings. The molecule has 0 spiro atoms. The SMILES string of the molecule is [CH2-]C.[Fe+6].c1cc[cH-]c1.c1ccc([PH+](CC[PH+](c2ccccc2)c2ccccc2)c2ccccc2)cc1. The molecule has 0 saturated carbocycles. The van der Waals surface area contributed by atoms with Crippen molar-refractivity contribution in [3.63, 3.8) is 0 Å². The third kappa shape index (κ3) is 9.58. The Labute approximate surface area is 231 Å². The second kappa shape index (κ2) is 17.9. The Morgan fingerprint density at radius 1 is 0.444 bits per heavy atom. The number of benzene rings is 4. The third-order valence-electron chi connectivity index (χ3n) is 5.67. The Hall–Kier alpha value is -2.39. The van der Waals surface area contributed by atoms with Crippen molar-refractivity contribution in [3.05, 3.63) is 159 Å². The van der Waals surface area contributed by atoms with E-state index < -0.39 is 15.8 Å². The molecule has 0 aliphatic rings. The first kappa shape index (κ1) is 29.8. The molecule has 0 saturated heterocycles. The molecule has 3 heteroatoms. The molecule has 36 heavy (non-hydrogen) atoms. The molecule has 0 aliphatic heterocycles. The van der Waals surface area contributed by atoms with Crippen molar-refractivity contribution in [2.45, 2.75) is 6.92 Å². The first-order valence-corrected chi connectivity index (χ1v) is 15.6. The summed E-state index contributed by atoms with van der Waals surface area (Å²) >= 11 is 0. The summed E-state index contributed by atoms with van der Waals surface area (Å²) < 4.78 is 0. The molecule has 0 amide bonds. The van der Waals surface area contributed by atoms with Crippen LogP contribution in [-0.2, 0) is 17.1 Å². The molecule has 0 heterocycles. The first-order valence-electron chi connectivity index (χ1n) is 12.2. The fourth-order valence-electron chi connectivity index (χ4n) is 4.04. The Balaban J connectivity index is 0.000000501. The van der Waals surface area contributed by atoms with Gasteiger partial charge in [-0.25, -0.2) is 12.1 Å². The molecule has 0 N–H and O–H groups in total. The summed E-state index contributed by atoms with van der Waals surface area (Å²) in [6, 6.07) is 54.5. The van der Waals surface area contributed by atoms with Gasteiger partial charge >= 0.3 is 17.1 Å². The minimum atomic E-state index is -0.783. The van der Waals surface area contributed by atoms with Gasteiger partial charge in [0.1, 0.15) is 12.3 Å². The fourth-order valence-corrected chi connectivity index (χ4v) is 10.2. The van der Waals surface area contributed by atoms with E-state index in [1.165, 1.54) is 33.5 Å². The van der Waals surface area contributed by atoms with Crippen LogP contribution in [0.2, 0.25) is 0 Å². The zero-order chi connectivity index (χ0) is 24.6. The average molecular weight is 550 g/mol. The van der Waals surface area contributed by atoms with Gasteiger partial charge < -0.3 is 6.92 Å². The molecule has 0 unspecified atom stereocenters. The molecule has 5 aromatic carbocycles. The molecule has 0 atom stereocenters. The van der Waals surface area contributed by atoms with Gasteiger partial charge in [0.2, 0.25) is 0 Å². The van der Waals surface area contributed by atoms with E-state index in [9.17, 15) is 0 Å². The van der Waals surface area contributed by atoms with Gasteiger partial charge in [0.15, 0.2) is 0 Å². The minimum Gasteiger partial charge on any atom is -0.346 e. The van der Waals surface area contributed by atoms with Gasteiger partial charge in [-0.1, -0.05) is 72.8 Å². The first-order chi connectivity index (χ1) is 17.4. The smallest absolute Gasteiger partial charge is 0.346 e. The van der Waals surface area contributed by atoms with E-state index in [0.717, 1.165) is 0 Å². The molecule has 0 nitrogen and oxygen atoms in total. The van der Waals surface area contributed by atoms with Crippen LogP contribution in [0.15, 0.2) is 152 Å². The van der Waals surface area contributed by atoms with E-state index in [1.807, 2.05) is 30.3 Å². The number of hydrogen-bond donors (Lipinski definition) is 0. The standard InChI is InChI=1S/C26H24P2.C5H5.C2H5.Fe/c1-5-13-23(14-6-1)27(24-15-7-2-8-16-24)21-22-28(25-17-9-3-10-18-25)26-19-11-4-12-20-26;1-2-4-5-3-1;1-2;/h1-20H,21-22H2;1-5H;1H2,2H3;/q;2*-1;+6/p+2. The van der Waals surface area contributed by atoms with E-state index in [2.05, 4.69) is 128 Å². The van der Waals surface area contributed by atoms with E-state index in [1.54, 1.807) is 6.92 Å². The maximum absolute atomic E-state index is 3.25. The summed E-state index contributed by atoms with van der Waals surface area (Å²) in [5.41, 5.74) is 0. The largest absolute Gasteiger partial charge is 6.00 e. The van der Waals surface area contributed by atoms with E-state index >= 15 is 0 Å². The van der Waals surface area contributed by atoms with Crippen LogP contribution in [0.3, 0.4) is 0 Å². The summed E-state index contributed by atoms with van der Waals surface area (Å²) in [5.74, 6) is 0. The van der Waals surface area contributed by atoms with Gasteiger partial charge in [0.25, 0.3) is 0 Å². The molecule has 180 valence electrons. The van der Waals surface area contributed by atoms with E-state index in [4.69, 9.17) is 0 Å². The van der Waals surface area contributed by atoms with Gasteiger partial charge in [-0.3, -0.25) is 0 Å². The van der Waals surface area contributed by atoms with Crippen LogP contribution in [-0.4, -0.2) is 12.3 Å². The van der Waals surface area contributed by atoms with Gasteiger partial charge in [0.05, 0.1) is 37.1 Å². The Morgan fingerprint density at radius 2 is 0.694 bits per heavy atom. The van der Waals surface area contributed by atoms with E-state index in [-0.39, 0.29) is 17.1 Å². The van der Waals surface area contributed by atoms with Crippen molar-refractivity contribution in [1.82, 2.24) is 0 Å². The molecule has 0 radical (unpaired) electrons. The maximum atomic E-state index is 3.25. The van der Waals surface area contributed by atoms with Crippen LogP contribution in [0.4, 0.5) is 0 Å². The summed E-state index contributed by atoms with van der Waals surface area (Å²) in [5, 5.41) is 6.06. The van der Waals surface area contributed by atoms with Crippen molar-refractivity contribution in [2.24, 2.45) is 0 Å². The number of hydrogen-bond acceptors (Lipinski definition) is 0. The zero-order valence-corrected chi connectivity index (χ0v) is 24.0. The quantitative estimate of drug-likeness (QED) is 0.117. The van der Waals surface area contributed by atoms with Crippen LogP contribution in [0.25, 0.3) is 0 Å². The maximum Gasteiger partial charge on any atom is 6.00 e. The van der Waals surface area contributed by atoms with Crippen molar-refractivity contribution in [1.29, 1.82) is 0 Å². The van der Waals surface area contributed by atoms with Gasteiger partial charge in [-0.15, -0.1) is 0 Å². The second-order valence-corrected chi connectivity index (χ2v) is 13.1. The van der Waals surface area contributed by atoms with Gasteiger partial charge in [-0.2, -0.15) is 25.1 Å². The Kier molecular flexibility index (Phi) is 14.9. The van der Waals surface area contributed by atoms with Crippen molar-refractivity contribution >= 4 is 37.1 Å². The summed E-state index contributed by atoms with van der Waals surface area (Å²) in [4.78, 5) is 0. The van der Waals surface area contributed by atoms with Crippen LogP contribution < -0.4 is 21.2 Å². The van der Waals surface area contributed by atoms with Gasteiger partial charge in [-0.05, 0) is 48.5 Å². The third-order valence-corrected chi connectivity index (χ3v) is 11.8. The zero-order valence-electron chi connectivity index (χ0n) is 20.9. The molecular weight excluding hydrogens is 514 g/mol. The molecule has 5 aromatic rings. The molecule has 0 bridgehead atoms. The average Bonchev–Trinajstić information content (AvgIpc) is 3.55. The van der Waals surface area contributed by atoms with Crippen molar-refractivity contribution in [2.75, 3.05) is 12.3 Å². The van der Waals surface area contributed by atoms with Crippen LogP contribution in [0.5, 0.6) is 0 Å². The predicted molar refractivity (Wildman–Crippen MR) is 164 cm³/mol. The monoisotopic (exact) mass is 550 g/mol. The minimum absolute atomic E-state index is 0. The fraction of sp³-hybridized carbons (Fsp3) is 0.0909. The van der Waals surface area contributed by atoms with Crippen molar-refractivity contribution < 1.29 is 17.1 Å². The van der Waals surface area contributed by atoms with E-state index in [0.29, 0.717) is 0 Å². The summed E-state index contributed by atoms with van der Waals surface area (Å²) in [6.07, 6.45) is 2.52. The second-order valence-electron chi connectivity index (χ2n) is 7.88. The van der Waals surface area contributed by atoms with Crippen LogP contribution in [0.1, 0.15) is 6.92 Å². The Morgan fingerprint density at radius 3 is 0.889 bits per heavy atom. The summed E-state index contributed by atoms with van der Waals surface area (Å²) in [7, 11) is -1.57. The number of rotatable bonds is 7. The normalized spacial score (nSPS) is 9.89. The van der Waals surface area contributed by atoms with Crippen molar-refractivity contribution in [3.8, 4) is 0 Å². The molecule has 5 rings (SSSR count). The predicted octanol–water partition coefficient (Wildman–Crippen LogP) is 6.96. The van der Waals surface area contributed by atoms with Crippen LogP contribution in [0, 0.1) is 6.92 Å². The molecule has 0 aliphatic carbocycles. The Bertz CT molecular complexity index is 967. The van der Waals surface area contributed by atoms with Crippen LogP contribution >= 0.6 is 15.8 Å².